The summed E-state index contributed by atoms with van der Waals surface area (Å²) >= 11 is 0. The lowest BCUT2D eigenvalue weighted by Gasteiger charge is -1.49. The Morgan fingerprint density at radius 2 is 1.57 bits per heavy atom. The number of aromatic nitrogens is 1. The molecule has 0 aliphatic rings. The maximum atomic E-state index is 4.50. The van der Waals surface area contributed by atoms with Crippen LogP contribution < -0.4 is 5.73 Å². The van der Waals surface area contributed by atoms with Crippen LogP contribution in [0.4, 0.5) is 0 Å². The van der Waals surface area contributed by atoms with Gasteiger partial charge in [0.05, 0.1) is 0 Å². The quantitative estimate of drug-likeness (QED) is 0.490. The van der Waals surface area contributed by atoms with Gasteiger partial charge in [0.1, 0.15) is 0 Å². The van der Waals surface area contributed by atoms with Gasteiger partial charge in [-0.05, 0) is 19.2 Å². The molecule has 1 heterocycles. The van der Waals surface area contributed by atoms with Crippen LogP contribution >= 0.6 is 0 Å². The Balaban J connectivity index is 0.000000162. The van der Waals surface area contributed by atoms with Crippen molar-refractivity contribution in [3.63, 3.8) is 0 Å². The SMILES string of the molecule is CN.c1cc[nH]c1. The van der Waals surface area contributed by atoms with E-state index in [4.69, 9.17) is 0 Å². The van der Waals surface area contributed by atoms with Crippen LogP contribution in [0, 0.1) is 0 Å². The molecule has 0 fully saturated rings. The molecule has 0 unspecified atom stereocenters. The van der Waals surface area contributed by atoms with E-state index in [1.807, 2.05) is 24.5 Å². The van der Waals surface area contributed by atoms with E-state index in [0.717, 1.165) is 0 Å². The number of rotatable bonds is 0. The Hall–Kier alpha value is -0.760. The zero-order valence-corrected chi connectivity index (χ0v) is 4.39. The summed E-state index contributed by atoms with van der Waals surface area (Å²) in [5.41, 5.74) is 4.50. The van der Waals surface area contributed by atoms with E-state index < -0.39 is 0 Å². The Morgan fingerprint density at radius 1 is 1.14 bits per heavy atom. The lowest BCUT2D eigenvalue weighted by atomic mass is 10.7. The Kier molecular flexibility index (Phi) is 4.67. The highest BCUT2D eigenvalue weighted by molar-refractivity contribution is 4.84. The van der Waals surface area contributed by atoms with Crippen molar-refractivity contribution in [3.05, 3.63) is 24.5 Å². The largest absolute Gasteiger partial charge is 0.368 e. The first kappa shape index (κ1) is 6.24. The molecule has 1 aromatic heterocycles. The van der Waals surface area contributed by atoms with Crippen LogP contribution in [0.3, 0.4) is 0 Å². The molecule has 0 aromatic carbocycles. The van der Waals surface area contributed by atoms with Gasteiger partial charge in [0.25, 0.3) is 0 Å². The normalized spacial score (nSPS) is 6.57. The fourth-order valence-corrected chi connectivity index (χ4v) is 0.278. The molecule has 3 N–H and O–H groups in total. The molecule has 2 nitrogen and oxygen atoms in total. The summed E-state index contributed by atoms with van der Waals surface area (Å²) in [5, 5.41) is 0. The number of hydrogen-bond donors (Lipinski definition) is 2. The van der Waals surface area contributed by atoms with Crippen LogP contribution in [0.5, 0.6) is 0 Å². The van der Waals surface area contributed by atoms with Gasteiger partial charge in [0.15, 0.2) is 0 Å². The van der Waals surface area contributed by atoms with Crippen molar-refractivity contribution in [2.45, 2.75) is 0 Å². The van der Waals surface area contributed by atoms with Gasteiger partial charge in [-0.2, -0.15) is 0 Å². The smallest absolute Gasteiger partial charge is 0.000496 e. The Morgan fingerprint density at radius 3 is 1.71 bits per heavy atom. The highest BCUT2D eigenvalue weighted by Gasteiger charge is 1.55. The van der Waals surface area contributed by atoms with E-state index in [-0.39, 0.29) is 0 Å². The standard InChI is InChI=1S/C4H5N.CH5N/c1-2-4-5-3-1;1-2/h1-5H;2H2,1H3. The average Bonchev–Trinajstić information content (AvgIpc) is 2.23. The summed E-state index contributed by atoms with van der Waals surface area (Å²) in [6.45, 7) is 0. The fraction of sp³-hybridized carbons (Fsp3) is 0.200. The summed E-state index contributed by atoms with van der Waals surface area (Å²) in [6, 6.07) is 3.89. The Bertz CT molecular complexity index is 62.6. The molecule has 7 heavy (non-hydrogen) atoms. The minimum Gasteiger partial charge on any atom is -0.368 e. The minimum absolute atomic E-state index is 1.50. The van der Waals surface area contributed by atoms with Crippen molar-refractivity contribution < 1.29 is 0 Å². The maximum Gasteiger partial charge on any atom is 0.000496 e. The number of aromatic amines is 1. The zero-order valence-electron chi connectivity index (χ0n) is 4.39. The van der Waals surface area contributed by atoms with Gasteiger partial charge >= 0.3 is 0 Å². The molecule has 0 saturated carbocycles. The van der Waals surface area contributed by atoms with E-state index in [1.165, 1.54) is 7.05 Å². The first-order valence-electron chi connectivity index (χ1n) is 2.15. The monoisotopic (exact) mass is 98.1 g/mol. The summed E-state index contributed by atoms with van der Waals surface area (Å²) in [6.07, 6.45) is 3.75. The van der Waals surface area contributed by atoms with E-state index in [0.29, 0.717) is 0 Å². The number of nitrogens with one attached hydrogen (secondary N) is 1. The maximum absolute atomic E-state index is 4.50. The predicted molar refractivity (Wildman–Crippen MR) is 30.9 cm³/mol. The van der Waals surface area contributed by atoms with Crippen LogP contribution in [-0.4, -0.2) is 12.0 Å². The zero-order chi connectivity index (χ0) is 5.54. The minimum atomic E-state index is 1.50. The summed E-state index contributed by atoms with van der Waals surface area (Å²) < 4.78 is 0. The molecule has 1 rings (SSSR count). The van der Waals surface area contributed by atoms with Gasteiger partial charge in [-0.1, -0.05) is 0 Å². The third-order valence-corrected chi connectivity index (χ3v) is 0.496. The second-order valence-electron chi connectivity index (χ2n) is 0.885. The van der Waals surface area contributed by atoms with Gasteiger partial charge in [0, 0.05) is 12.4 Å². The van der Waals surface area contributed by atoms with Crippen LogP contribution in [0.15, 0.2) is 24.5 Å². The van der Waals surface area contributed by atoms with Gasteiger partial charge in [-0.15, -0.1) is 0 Å². The predicted octanol–water partition coefficient (Wildman–Crippen LogP) is 0.590. The van der Waals surface area contributed by atoms with E-state index in [1.54, 1.807) is 0 Å². The lowest BCUT2D eigenvalue weighted by molar-refractivity contribution is 1.42. The Labute approximate surface area is 43.4 Å². The fourth-order valence-electron chi connectivity index (χ4n) is 0.278. The number of hydrogen-bond acceptors (Lipinski definition) is 1. The van der Waals surface area contributed by atoms with Crippen molar-refractivity contribution in [3.8, 4) is 0 Å². The van der Waals surface area contributed by atoms with Crippen LogP contribution in [-0.2, 0) is 0 Å². The van der Waals surface area contributed by atoms with Crippen LogP contribution in [0.1, 0.15) is 0 Å². The highest BCUT2D eigenvalue weighted by Crippen LogP contribution is 1.72. The first-order chi connectivity index (χ1) is 3.50. The molecule has 0 aliphatic heterocycles. The van der Waals surface area contributed by atoms with Crippen molar-refractivity contribution in [2.24, 2.45) is 5.73 Å². The van der Waals surface area contributed by atoms with E-state index in [9.17, 15) is 0 Å². The van der Waals surface area contributed by atoms with E-state index >= 15 is 0 Å². The molecular weight excluding hydrogens is 88.1 g/mol. The highest BCUT2D eigenvalue weighted by atomic mass is 14.6. The molecular formula is C5H10N2. The van der Waals surface area contributed by atoms with Crippen LogP contribution in [0.2, 0.25) is 0 Å². The topological polar surface area (TPSA) is 41.8 Å². The molecule has 0 saturated heterocycles. The average molecular weight is 98.1 g/mol. The summed E-state index contributed by atoms with van der Waals surface area (Å²) in [7, 11) is 1.50. The molecule has 2 heteroatoms. The molecule has 0 spiro atoms. The van der Waals surface area contributed by atoms with Gasteiger partial charge in [-0.25, -0.2) is 0 Å². The molecule has 40 valence electrons. The molecule has 0 radical (unpaired) electrons. The molecule has 0 amide bonds. The second kappa shape index (κ2) is 5.24. The van der Waals surface area contributed by atoms with Crippen molar-refractivity contribution in [2.75, 3.05) is 7.05 Å². The van der Waals surface area contributed by atoms with Crippen molar-refractivity contribution in [1.82, 2.24) is 4.98 Å². The summed E-state index contributed by atoms with van der Waals surface area (Å²) in [4.78, 5) is 2.86. The third-order valence-electron chi connectivity index (χ3n) is 0.496. The lowest BCUT2D eigenvalue weighted by Crippen LogP contribution is -1.69. The molecule has 0 atom stereocenters. The first-order valence-corrected chi connectivity index (χ1v) is 2.15. The molecule has 1 aromatic rings. The van der Waals surface area contributed by atoms with E-state index in [2.05, 4.69) is 10.7 Å². The summed E-state index contributed by atoms with van der Waals surface area (Å²) in [5.74, 6) is 0. The second-order valence-corrected chi connectivity index (χ2v) is 0.885. The van der Waals surface area contributed by atoms with Gasteiger partial charge in [0.2, 0.25) is 0 Å². The van der Waals surface area contributed by atoms with Crippen LogP contribution in [0.25, 0.3) is 0 Å². The van der Waals surface area contributed by atoms with Crippen molar-refractivity contribution in [1.29, 1.82) is 0 Å². The van der Waals surface area contributed by atoms with Crippen molar-refractivity contribution >= 4 is 0 Å². The third kappa shape index (κ3) is 3.06. The van der Waals surface area contributed by atoms with Gasteiger partial charge in [-0.3, -0.25) is 0 Å². The number of nitrogens with two attached hydrogens (primary N) is 1. The number of H-pyrrole nitrogens is 1. The van der Waals surface area contributed by atoms with Gasteiger partial charge < -0.3 is 10.7 Å². The molecule has 0 aliphatic carbocycles. The molecule has 0 bridgehead atoms.